The van der Waals surface area contributed by atoms with E-state index in [1.54, 1.807) is 18.2 Å². The van der Waals surface area contributed by atoms with Crippen molar-refractivity contribution in [2.75, 3.05) is 33.3 Å². The van der Waals surface area contributed by atoms with E-state index in [2.05, 4.69) is 10.5 Å². The second kappa shape index (κ2) is 8.44. The molecule has 1 aliphatic rings. The van der Waals surface area contributed by atoms with Gasteiger partial charge in [0.1, 0.15) is 10.6 Å². The van der Waals surface area contributed by atoms with Gasteiger partial charge in [-0.15, -0.1) is 4.91 Å². The Labute approximate surface area is 168 Å². The van der Waals surface area contributed by atoms with Crippen LogP contribution in [0.2, 0.25) is 5.02 Å². The van der Waals surface area contributed by atoms with Crippen molar-refractivity contribution in [3.05, 3.63) is 45.8 Å². The summed E-state index contributed by atoms with van der Waals surface area (Å²) in [6.07, 6.45) is 0. The Bertz CT molecular complexity index is 971. The number of halogens is 1. The Balaban J connectivity index is 2.12. The molecule has 1 saturated heterocycles. The lowest BCUT2D eigenvalue weighted by Gasteiger charge is -2.27. The molecule has 1 aliphatic heterocycles. The molecule has 0 spiro atoms. The second-order valence-electron chi connectivity index (χ2n) is 6.28. The Morgan fingerprint density at radius 3 is 2.43 bits per heavy atom. The molecule has 10 heteroatoms. The van der Waals surface area contributed by atoms with E-state index in [0.29, 0.717) is 37.0 Å². The van der Waals surface area contributed by atoms with Gasteiger partial charge in [0, 0.05) is 37.3 Å². The van der Waals surface area contributed by atoms with Gasteiger partial charge in [0.15, 0.2) is 17.2 Å². The number of benzene rings is 2. The monoisotopic (exact) mass is 425 g/mol. The highest BCUT2D eigenvalue weighted by Gasteiger charge is 2.31. The molecule has 8 nitrogen and oxygen atoms in total. The maximum Gasteiger partial charge on any atom is 0.246 e. The van der Waals surface area contributed by atoms with Gasteiger partial charge in [0.25, 0.3) is 0 Å². The molecule has 0 aliphatic carbocycles. The van der Waals surface area contributed by atoms with E-state index in [4.69, 9.17) is 21.1 Å². The number of rotatable bonds is 6. The molecular formula is C18H20ClN3O5S. The zero-order valence-corrected chi connectivity index (χ0v) is 17.0. The van der Waals surface area contributed by atoms with Gasteiger partial charge in [-0.05, 0) is 41.9 Å². The minimum absolute atomic E-state index is 0.0319. The minimum atomic E-state index is -3.91. The van der Waals surface area contributed by atoms with Crippen molar-refractivity contribution in [3.8, 4) is 17.2 Å². The van der Waals surface area contributed by atoms with Crippen molar-refractivity contribution in [3.63, 3.8) is 0 Å². The number of methoxy groups -OCH3 is 1. The minimum Gasteiger partial charge on any atom is -0.494 e. The van der Waals surface area contributed by atoms with Crippen molar-refractivity contribution in [2.24, 2.45) is 5.18 Å². The fraction of sp³-hybridized carbons (Fsp3) is 0.333. The fourth-order valence-electron chi connectivity index (χ4n) is 2.96. The van der Waals surface area contributed by atoms with Crippen LogP contribution in [0.1, 0.15) is 5.56 Å². The first-order valence-electron chi connectivity index (χ1n) is 8.56. The molecule has 2 aromatic carbocycles. The molecule has 0 atom stereocenters. The van der Waals surface area contributed by atoms with Gasteiger partial charge in [-0.3, -0.25) is 0 Å². The Kier molecular flexibility index (Phi) is 6.19. The highest BCUT2D eigenvalue weighted by atomic mass is 35.5. The predicted molar refractivity (Wildman–Crippen MR) is 106 cm³/mol. The molecule has 1 fully saturated rings. The lowest BCUT2D eigenvalue weighted by molar-refractivity contribution is 0.357. The van der Waals surface area contributed by atoms with Crippen LogP contribution >= 0.6 is 11.6 Å². The lowest BCUT2D eigenvalue weighted by atomic mass is 10.2. The second-order valence-corrected chi connectivity index (χ2v) is 8.63. The summed E-state index contributed by atoms with van der Waals surface area (Å²) in [7, 11) is -2.55. The molecular weight excluding hydrogens is 406 g/mol. The fourth-order valence-corrected chi connectivity index (χ4v) is 4.80. The summed E-state index contributed by atoms with van der Waals surface area (Å²) >= 11 is 6.08. The average molecular weight is 426 g/mol. The van der Waals surface area contributed by atoms with Gasteiger partial charge in [-0.25, -0.2) is 8.42 Å². The van der Waals surface area contributed by atoms with Crippen LogP contribution in [0.25, 0.3) is 0 Å². The Morgan fingerprint density at radius 2 is 1.82 bits per heavy atom. The smallest absolute Gasteiger partial charge is 0.246 e. The maximum absolute atomic E-state index is 13.2. The number of sulfonamides is 1. The first-order chi connectivity index (χ1) is 13.3. The van der Waals surface area contributed by atoms with Gasteiger partial charge < -0.3 is 14.8 Å². The number of aryl methyl sites for hydroxylation is 1. The molecule has 0 radical (unpaired) electrons. The number of piperazine rings is 1. The van der Waals surface area contributed by atoms with E-state index in [-0.39, 0.29) is 22.1 Å². The van der Waals surface area contributed by atoms with Gasteiger partial charge >= 0.3 is 0 Å². The SMILES string of the molecule is COc1cc(Oc2cc(C)cc(Cl)c2)c(S(=O)(=O)N2CCNCC2)cc1N=O. The molecule has 3 rings (SSSR count). The van der Waals surface area contributed by atoms with Crippen LogP contribution in [-0.4, -0.2) is 46.0 Å². The van der Waals surface area contributed by atoms with Crippen molar-refractivity contribution in [1.29, 1.82) is 0 Å². The highest BCUT2D eigenvalue weighted by Crippen LogP contribution is 2.40. The number of nitrogens with one attached hydrogen (secondary N) is 1. The van der Waals surface area contributed by atoms with Crippen LogP contribution in [0.4, 0.5) is 5.69 Å². The number of hydrogen-bond donors (Lipinski definition) is 1. The van der Waals surface area contributed by atoms with Crippen LogP contribution in [-0.2, 0) is 10.0 Å². The molecule has 0 saturated carbocycles. The van der Waals surface area contributed by atoms with Gasteiger partial charge in [0.2, 0.25) is 10.0 Å². The Hall–Kier alpha value is -2.20. The highest BCUT2D eigenvalue weighted by molar-refractivity contribution is 7.89. The first-order valence-corrected chi connectivity index (χ1v) is 10.4. The van der Waals surface area contributed by atoms with Crippen LogP contribution in [0.15, 0.2) is 40.4 Å². The summed E-state index contributed by atoms with van der Waals surface area (Å²) in [5.41, 5.74) is 0.734. The van der Waals surface area contributed by atoms with Crippen molar-refractivity contribution in [1.82, 2.24) is 9.62 Å². The normalized spacial score (nSPS) is 15.2. The van der Waals surface area contributed by atoms with E-state index < -0.39 is 10.0 Å². The van der Waals surface area contributed by atoms with Crippen LogP contribution < -0.4 is 14.8 Å². The summed E-state index contributed by atoms with van der Waals surface area (Å²) in [6, 6.07) is 7.59. The zero-order chi connectivity index (χ0) is 20.3. The molecule has 0 aromatic heterocycles. The third-order valence-corrected chi connectivity index (χ3v) is 6.42. The molecule has 2 aromatic rings. The topological polar surface area (TPSA) is 97.3 Å². The zero-order valence-electron chi connectivity index (χ0n) is 15.4. The summed E-state index contributed by atoms with van der Waals surface area (Å²) in [4.78, 5) is 11.0. The third kappa shape index (κ3) is 4.27. The van der Waals surface area contributed by atoms with Gasteiger partial charge in [-0.2, -0.15) is 4.31 Å². The largest absolute Gasteiger partial charge is 0.494 e. The average Bonchev–Trinajstić information content (AvgIpc) is 2.67. The summed E-state index contributed by atoms with van der Waals surface area (Å²) in [6.45, 7) is 3.55. The molecule has 0 amide bonds. The standard InChI is InChI=1S/C18H20ClN3O5S/c1-12-7-13(19)9-14(8-12)27-17-11-16(26-2)15(21-23)10-18(17)28(24,25)22-5-3-20-4-6-22/h7-11,20H,3-6H2,1-2H3. The number of ether oxygens (including phenoxy) is 2. The van der Waals surface area contributed by atoms with Crippen molar-refractivity contribution in [2.45, 2.75) is 11.8 Å². The van der Waals surface area contributed by atoms with Crippen molar-refractivity contribution >= 4 is 27.3 Å². The quantitative estimate of drug-likeness (QED) is 0.712. The number of nitroso groups, excluding NO2 is 1. The van der Waals surface area contributed by atoms with Gasteiger partial charge in [0.05, 0.1) is 7.11 Å². The molecule has 150 valence electrons. The molecule has 28 heavy (non-hydrogen) atoms. The number of hydrogen-bond acceptors (Lipinski definition) is 7. The van der Waals surface area contributed by atoms with E-state index in [0.717, 1.165) is 5.56 Å². The Morgan fingerprint density at radius 1 is 1.11 bits per heavy atom. The molecule has 1 N–H and O–H groups in total. The maximum atomic E-state index is 13.2. The lowest BCUT2D eigenvalue weighted by Crippen LogP contribution is -2.46. The summed E-state index contributed by atoms with van der Waals surface area (Å²) in [5, 5.41) is 6.45. The first kappa shape index (κ1) is 20.5. The van der Waals surface area contributed by atoms with Crippen LogP contribution in [0, 0.1) is 11.8 Å². The van der Waals surface area contributed by atoms with E-state index in [1.807, 2.05) is 6.92 Å². The molecule has 0 bridgehead atoms. The predicted octanol–water partition coefficient (Wildman–Crippen LogP) is 3.44. The number of nitrogens with zero attached hydrogens (tertiary/aromatic N) is 2. The molecule has 1 heterocycles. The molecule has 0 unspecified atom stereocenters. The van der Waals surface area contributed by atoms with Crippen LogP contribution in [0.3, 0.4) is 0 Å². The van der Waals surface area contributed by atoms with Crippen molar-refractivity contribution < 1.29 is 17.9 Å². The van der Waals surface area contributed by atoms with Crippen LogP contribution in [0.5, 0.6) is 17.2 Å². The third-order valence-electron chi connectivity index (χ3n) is 4.28. The summed E-state index contributed by atoms with van der Waals surface area (Å²) < 4.78 is 38.8. The van der Waals surface area contributed by atoms with E-state index in [9.17, 15) is 13.3 Å². The van der Waals surface area contributed by atoms with E-state index >= 15 is 0 Å². The summed E-state index contributed by atoms with van der Waals surface area (Å²) in [5.74, 6) is 0.517. The van der Waals surface area contributed by atoms with E-state index in [1.165, 1.54) is 23.5 Å². The van der Waals surface area contributed by atoms with Gasteiger partial charge in [-0.1, -0.05) is 11.6 Å².